The van der Waals surface area contributed by atoms with E-state index in [0.29, 0.717) is 30.5 Å². The third-order valence-corrected chi connectivity index (χ3v) is 2.48. The van der Waals surface area contributed by atoms with E-state index in [1.165, 1.54) is 0 Å². The summed E-state index contributed by atoms with van der Waals surface area (Å²) in [6.45, 7) is 4.76. The molecule has 0 aromatic heterocycles. The zero-order valence-electron chi connectivity index (χ0n) is 10.6. The Hall–Kier alpha value is -0.810. The standard InChI is InChI=1S/C13H20ClNO3/c1-2-17-7-6-15-9-12(16)10-18-13-5-3-4-11(14)8-13/h3-5,8,12,15-16H,2,6-7,9-10H2,1H3. The molecule has 0 amide bonds. The number of benzene rings is 1. The highest BCUT2D eigenvalue weighted by Crippen LogP contribution is 2.16. The molecule has 1 aromatic rings. The van der Waals surface area contributed by atoms with Crippen molar-refractivity contribution in [3.8, 4) is 5.75 Å². The summed E-state index contributed by atoms with van der Waals surface area (Å²) in [5.74, 6) is 0.663. The fourth-order valence-electron chi connectivity index (χ4n) is 1.37. The Bertz CT molecular complexity index is 336. The van der Waals surface area contributed by atoms with Crippen LogP contribution in [0.15, 0.2) is 24.3 Å². The van der Waals surface area contributed by atoms with Gasteiger partial charge in [-0.05, 0) is 25.1 Å². The summed E-state index contributed by atoms with van der Waals surface area (Å²) in [5.41, 5.74) is 0. The zero-order chi connectivity index (χ0) is 13.2. The Morgan fingerprint density at radius 3 is 3.00 bits per heavy atom. The summed E-state index contributed by atoms with van der Waals surface area (Å²) in [5, 5.41) is 13.4. The van der Waals surface area contributed by atoms with Crippen LogP contribution in [0.2, 0.25) is 5.02 Å². The third-order valence-electron chi connectivity index (χ3n) is 2.25. The number of nitrogens with one attached hydrogen (secondary N) is 1. The van der Waals surface area contributed by atoms with Crippen LogP contribution in [0, 0.1) is 0 Å². The number of hydrogen-bond acceptors (Lipinski definition) is 4. The van der Waals surface area contributed by atoms with E-state index in [4.69, 9.17) is 21.1 Å². The summed E-state index contributed by atoms with van der Waals surface area (Å²) in [7, 11) is 0. The van der Waals surface area contributed by atoms with Crippen LogP contribution < -0.4 is 10.1 Å². The molecule has 1 aromatic carbocycles. The second-order valence-corrected chi connectivity index (χ2v) is 4.26. The van der Waals surface area contributed by atoms with Crippen LogP contribution in [0.1, 0.15) is 6.92 Å². The van der Waals surface area contributed by atoms with Crippen molar-refractivity contribution >= 4 is 11.6 Å². The summed E-state index contributed by atoms with van der Waals surface area (Å²) in [4.78, 5) is 0. The second kappa shape index (κ2) is 9.16. The quantitative estimate of drug-likeness (QED) is 0.673. The second-order valence-electron chi connectivity index (χ2n) is 3.82. The lowest BCUT2D eigenvalue weighted by atomic mass is 10.3. The SMILES string of the molecule is CCOCCNCC(O)COc1cccc(Cl)c1. The van der Waals surface area contributed by atoms with E-state index in [-0.39, 0.29) is 6.61 Å². The molecular formula is C13H20ClNO3. The maximum absolute atomic E-state index is 9.68. The van der Waals surface area contributed by atoms with Crippen LogP contribution in [-0.2, 0) is 4.74 Å². The number of aliphatic hydroxyl groups is 1. The number of halogens is 1. The number of aliphatic hydroxyl groups excluding tert-OH is 1. The van der Waals surface area contributed by atoms with E-state index in [9.17, 15) is 5.11 Å². The Morgan fingerprint density at radius 2 is 2.28 bits per heavy atom. The third kappa shape index (κ3) is 6.81. The molecule has 1 unspecified atom stereocenters. The van der Waals surface area contributed by atoms with Gasteiger partial charge in [0.15, 0.2) is 0 Å². The molecule has 0 heterocycles. The van der Waals surface area contributed by atoms with E-state index in [0.717, 1.165) is 6.54 Å². The largest absolute Gasteiger partial charge is 0.491 e. The molecule has 0 aliphatic heterocycles. The van der Waals surface area contributed by atoms with Crippen molar-refractivity contribution < 1.29 is 14.6 Å². The van der Waals surface area contributed by atoms with Crippen LogP contribution in [0.4, 0.5) is 0 Å². The summed E-state index contributed by atoms with van der Waals surface area (Å²) < 4.78 is 10.6. The molecule has 102 valence electrons. The van der Waals surface area contributed by atoms with Crippen molar-refractivity contribution in [1.29, 1.82) is 0 Å². The van der Waals surface area contributed by atoms with Gasteiger partial charge in [-0.3, -0.25) is 0 Å². The summed E-state index contributed by atoms with van der Waals surface area (Å²) >= 11 is 5.82. The van der Waals surface area contributed by atoms with Crippen molar-refractivity contribution in [3.63, 3.8) is 0 Å². The van der Waals surface area contributed by atoms with Gasteiger partial charge in [-0.25, -0.2) is 0 Å². The molecule has 0 aliphatic carbocycles. The molecule has 0 bridgehead atoms. The van der Waals surface area contributed by atoms with E-state index in [2.05, 4.69) is 5.32 Å². The van der Waals surface area contributed by atoms with Crippen molar-refractivity contribution in [3.05, 3.63) is 29.3 Å². The summed E-state index contributed by atoms with van der Waals surface area (Å²) in [6, 6.07) is 7.11. The number of ether oxygens (including phenoxy) is 2. The molecule has 0 aliphatic rings. The maximum Gasteiger partial charge on any atom is 0.120 e. The van der Waals surface area contributed by atoms with Gasteiger partial charge in [0.1, 0.15) is 18.5 Å². The highest BCUT2D eigenvalue weighted by Gasteiger charge is 2.04. The normalized spacial score (nSPS) is 12.4. The molecule has 1 rings (SSSR count). The van der Waals surface area contributed by atoms with Crippen molar-refractivity contribution in [1.82, 2.24) is 5.32 Å². The molecule has 0 spiro atoms. The Balaban J connectivity index is 2.11. The lowest BCUT2D eigenvalue weighted by molar-refractivity contribution is 0.100. The average molecular weight is 274 g/mol. The van der Waals surface area contributed by atoms with Gasteiger partial charge in [0.2, 0.25) is 0 Å². The van der Waals surface area contributed by atoms with Crippen molar-refractivity contribution in [2.45, 2.75) is 13.0 Å². The van der Waals surface area contributed by atoms with Gasteiger partial charge in [0, 0.05) is 24.7 Å². The van der Waals surface area contributed by atoms with Crippen LogP contribution in [0.3, 0.4) is 0 Å². The van der Waals surface area contributed by atoms with Gasteiger partial charge in [0.25, 0.3) is 0 Å². The van der Waals surface area contributed by atoms with Crippen molar-refractivity contribution in [2.24, 2.45) is 0 Å². The highest BCUT2D eigenvalue weighted by atomic mass is 35.5. The Labute approximate surface area is 113 Å². The molecule has 0 fully saturated rings. The maximum atomic E-state index is 9.68. The first-order chi connectivity index (χ1) is 8.72. The van der Waals surface area contributed by atoms with Gasteiger partial charge in [-0.2, -0.15) is 0 Å². The molecule has 0 radical (unpaired) electrons. The Morgan fingerprint density at radius 1 is 1.44 bits per heavy atom. The predicted octanol–water partition coefficient (Wildman–Crippen LogP) is 1.71. The van der Waals surface area contributed by atoms with E-state index in [1.54, 1.807) is 18.2 Å². The molecule has 18 heavy (non-hydrogen) atoms. The van der Waals surface area contributed by atoms with E-state index in [1.807, 2.05) is 13.0 Å². The minimum atomic E-state index is -0.550. The van der Waals surface area contributed by atoms with Gasteiger partial charge in [0.05, 0.1) is 6.61 Å². The minimum absolute atomic E-state index is 0.238. The average Bonchev–Trinajstić information content (AvgIpc) is 2.36. The smallest absolute Gasteiger partial charge is 0.120 e. The molecule has 5 heteroatoms. The molecule has 4 nitrogen and oxygen atoms in total. The van der Waals surface area contributed by atoms with Crippen LogP contribution in [0.25, 0.3) is 0 Å². The lowest BCUT2D eigenvalue weighted by Gasteiger charge is -2.13. The van der Waals surface area contributed by atoms with Crippen LogP contribution >= 0.6 is 11.6 Å². The lowest BCUT2D eigenvalue weighted by Crippen LogP contribution is -2.33. The first kappa shape index (κ1) is 15.2. The fourth-order valence-corrected chi connectivity index (χ4v) is 1.55. The molecular weight excluding hydrogens is 254 g/mol. The molecule has 1 atom stereocenters. The first-order valence-electron chi connectivity index (χ1n) is 6.07. The van der Waals surface area contributed by atoms with E-state index < -0.39 is 6.10 Å². The van der Waals surface area contributed by atoms with Gasteiger partial charge >= 0.3 is 0 Å². The molecule has 0 saturated heterocycles. The van der Waals surface area contributed by atoms with Crippen LogP contribution in [0.5, 0.6) is 5.75 Å². The predicted molar refractivity (Wildman–Crippen MR) is 72.3 cm³/mol. The van der Waals surface area contributed by atoms with Gasteiger partial charge < -0.3 is 19.9 Å². The summed E-state index contributed by atoms with van der Waals surface area (Å²) in [6.07, 6.45) is -0.550. The minimum Gasteiger partial charge on any atom is -0.491 e. The fraction of sp³-hybridized carbons (Fsp3) is 0.538. The van der Waals surface area contributed by atoms with Crippen LogP contribution in [-0.4, -0.2) is 44.1 Å². The zero-order valence-corrected chi connectivity index (χ0v) is 11.3. The first-order valence-corrected chi connectivity index (χ1v) is 6.45. The van der Waals surface area contributed by atoms with Gasteiger partial charge in [-0.1, -0.05) is 17.7 Å². The van der Waals surface area contributed by atoms with Crippen molar-refractivity contribution in [2.75, 3.05) is 32.9 Å². The van der Waals surface area contributed by atoms with E-state index >= 15 is 0 Å². The monoisotopic (exact) mass is 273 g/mol. The Kier molecular flexibility index (Phi) is 7.76. The molecule has 2 N–H and O–H groups in total. The topological polar surface area (TPSA) is 50.7 Å². The number of rotatable bonds is 9. The number of hydrogen-bond donors (Lipinski definition) is 2. The highest BCUT2D eigenvalue weighted by molar-refractivity contribution is 6.30. The molecule has 0 saturated carbocycles. The van der Waals surface area contributed by atoms with Gasteiger partial charge in [-0.15, -0.1) is 0 Å².